The summed E-state index contributed by atoms with van der Waals surface area (Å²) in [6, 6.07) is 9.27. The van der Waals surface area contributed by atoms with Crippen molar-refractivity contribution >= 4 is 11.6 Å². The van der Waals surface area contributed by atoms with E-state index in [1.165, 1.54) is 0 Å². The van der Waals surface area contributed by atoms with Gasteiger partial charge in [-0.3, -0.25) is 9.69 Å². The predicted molar refractivity (Wildman–Crippen MR) is 84.5 cm³/mol. The minimum absolute atomic E-state index is 0.0504. The third-order valence-corrected chi connectivity index (χ3v) is 3.55. The molecule has 118 valence electrons. The van der Waals surface area contributed by atoms with Crippen LogP contribution in [0, 0.1) is 11.3 Å². The number of benzene rings is 1. The van der Waals surface area contributed by atoms with Gasteiger partial charge in [-0.25, -0.2) is 0 Å². The summed E-state index contributed by atoms with van der Waals surface area (Å²) >= 11 is 0. The van der Waals surface area contributed by atoms with Crippen LogP contribution in [-0.2, 0) is 9.53 Å². The Hall–Kier alpha value is -2.10. The molecule has 0 atom stereocenters. The van der Waals surface area contributed by atoms with Gasteiger partial charge in [0.15, 0.2) is 0 Å². The molecule has 0 aliphatic carbocycles. The van der Waals surface area contributed by atoms with E-state index >= 15 is 0 Å². The van der Waals surface area contributed by atoms with Gasteiger partial charge in [0.25, 0.3) is 0 Å². The summed E-state index contributed by atoms with van der Waals surface area (Å²) in [5, 5.41) is 14.8. The number of amides is 1. The highest BCUT2D eigenvalue weighted by Crippen LogP contribution is 2.08. The number of hydrogen-bond acceptors (Lipinski definition) is 5. The molecule has 2 rings (SSSR count). The highest BCUT2D eigenvalue weighted by atomic mass is 16.5. The van der Waals surface area contributed by atoms with E-state index in [-0.39, 0.29) is 5.91 Å². The topological polar surface area (TPSA) is 77.4 Å². The number of nitrogens with zero attached hydrogens (tertiary/aromatic N) is 2. The zero-order valence-corrected chi connectivity index (χ0v) is 12.7. The summed E-state index contributed by atoms with van der Waals surface area (Å²) in [4.78, 5) is 14.0. The molecule has 1 heterocycles. The van der Waals surface area contributed by atoms with Gasteiger partial charge in [0.2, 0.25) is 5.91 Å². The maximum absolute atomic E-state index is 11.7. The molecule has 6 nitrogen and oxygen atoms in total. The predicted octanol–water partition coefficient (Wildman–Crippen LogP) is 0.809. The number of morpholine rings is 1. The van der Waals surface area contributed by atoms with Crippen LogP contribution in [0.5, 0.6) is 0 Å². The number of carbonyl (C=O) groups is 1. The number of nitriles is 1. The first-order chi connectivity index (χ1) is 10.8. The van der Waals surface area contributed by atoms with Crippen molar-refractivity contribution in [1.29, 1.82) is 5.26 Å². The Kier molecular flexibility index (Phi) is 6.68. The van der Waals surface area contributed by atoms with Crippen LogP contribution in [-0.4, -0.2) is 56.7 Å². The zero-order valence-electron chi connectivity index (χ0n) is 12.7. The lowest BCUT2D eigenvalue weighted by atomic mass is 10.2. The van der Waals surface area contributed by atoms with Gasteiger partial charge in [0.1, 0.15) is 0 Å². The first-order valence-electron chi connectivity index (χ1n) is 7.59. The molecule has 1 aromatic rings. The normalized spacial score (nSPS) is 15.0. The lowest BCUT2D eigenvalue weighted by Gasteiger charge is -2.26. The van der Waals surface area contributed by atoms with Crippen molar-refractivity contribution in [3.63, 3.8) is 0 Å². The van der Waals surface area contributed by atoms with E-state index in [2.05, 4.69) is 21.6 Å². The van der Waals surface area contributed by atoms with Gasteiger partial charge in [-0.05, 0) is 24.3 Å². The molecule has 1 aliphatic heterocycles. The van der Waals surface area contributed by atoms with Crippen LogP contribution in [0.1, 0.15) is 12.0 Å². The molecule has 1 aromatic carbocycles. The number of ether oxygens (including phenoxy) is 1. The van der Waals surface area contributed by atoms with Crippen molar-refractivity contribution in [2.24, 2.45) is 0 Å². The maximum Gasteiger partial charge on any atom is 0.221 e. The van der Waals surface area contributed by atoms with Gasteiger partial charge in [-0.1, -0.05) is 0 Å². The summed E-state index contributed by atoms with van der Waals surface area (Å²) in [5.74, 6) is 0.0504. The summed E-state index contributed by atoms with van der Waals surface area (Å²) in [7, 11) is 0. The van der Waals surface area contributed by atoms with Gasteiger partial charge in [0, 0.05) is 44.8 Å². The monoisotopic (exact) mass is 302 g/mol. The minimum atomic E-state index is 0.0504. The van der Waals surface area contributed by atoms with Crippen molar-refractivity contribution in [3.8, 4) is 6.07 Å². The highest BCUT2D eigenvalue weighted by Gasteiger charge is 2.09. The fourth-order valence-electron chi connectivity index (χ4n) is 2.25. The Balaban J connectivity index is 1.56. The largest absolute Gasteiger partial charge is 0.385 e. The van der Waals surface area contributed by atoms with Crippen LogP contribution >= 0.6 is 0 Å². The van der Waals surface area contributed by atoms with Crippen molar-refractivity contribution in [2.45, 2.75) is 6.42 Å². The van der Waals surface area contributed by atoms with E-state index in [0.717, 1.165) is 38.5 Å². The molecule has 0 bridgehead atoms. The summed E-state index contributed by atoms with van der Waals surface area (Å²) in [5.41, 5.74) is 1.55. The van der Waals surface area contributed by atoms with Crippen LogP contribution in [0.15, 0.2) is 24.3 Å². The Morgan fingerprint density at radius 3 is 2.64 bits per heavy atom. The van der Waals surface area contributed by atoms with Crippen molar-refractivity contribution < 1.29 is 9.53 Å². The summed E-state index contributed by atoms with van der Waals surface area (Å²) in [6.07, 6.45) is 0.434. The van der Waals surface area contributed by atoms with Gasteiger partial charge in [-0.2, -0.15) is 5.26 Å². The summed E-state index contributed by atoms with van der Waals surface area (Å²) in [6.45, 7) is 5.57. The van der Waals surface area contributed by atoms with E-state index in [1.807, 2.05) is 12.1 Å². The minimum Gasteiger partial charge on any atom is -0.385 e. The van der Waals surface area contributed by atoms with Crippen LogP contribution < -0.4 is 10.6 Å². The second-order valence-corrected chi connectivity index (χ2v) is 5.17. The van der Waals surface area contributed by atoms with Crippen LogP contribution in [0.4, 0.5) is 5.69 Å². The molecule has 22 heavy (non-hydrogen) atoms. The van der Waals surface area contributed by atoms with Crippen molar-refractivity contribution in [3.05, 3.63) is 29.8 Å². The van der Waals surface area contributed by atoms with E-state index in [9.17, 15) is 4.79 Å². The van der Waals surface area contributed by atoms with Gasteiger partial charge < -0.3 is 15.4 Å². The third-order valence-electron chi connectivity index (χ3n) is 3.55. The molecule has 0 saturated carbocycles. The molecule has 2 N–H and O–H groups in total. The molecule has 0 spiro atoms. The Morgan fingerprint density at radius 1 is 1.23 bits per heavy atom. The van der Waals surface area contributed by atoms with E-state index in [0.29, 0.717) is 25.1 Å². The number of carbonyl (C=O) groups excluding carboxylic acids is 1. The number of nitrogens with one attached hydrogen (secondary N) is 2. The molecule has 0 radical (unpaired) electrons. The second kappa shape index (κ2) is 9.03. The molecular weight excluding hydrogens is 280 g/mol. The van der Waals surface area contributed by atoms with Gasteiger partial charge in [0.05, 0.1) is 24.8 Å². The number of rotatable bonds is 7. The van der Waals surface area contributed by atoms with E-state index in [1.54, 1.807) is 12.1 Å². The first kappa shape index (κ1) is 16.3. The van der Waals surface area contributed by atoms with Crippen molar-refractivity contribution in [2.75, 3.05) is 51.3 Å². The van der Waals surface area contributed by atoms with Crippen molar-refractivity contribution in [1.82, 2.24) is 10.2 Å². The van der Waals surface area contributed by atoms with Crippen LogP contribution in [0.2, 0.25) is 0 Å². The zero-order chi connectivity index (χ0) is 15.6. The molecule has 1 amide bonds. The average Bonchev–Trinajstić information content (AvgIpc) is 2.56. The standard InChI is InChI=1S/C16H22N4O2/c17-13-14-1-3-15(4-2-14)18-6-5-16(21)19-7-8-20-9-11-22-12-10-20/h1-4,18H,5-12H2,(H,19,21). The molecule has 1 aliphatic rings. The third kappa shape index (κ3) is 5.72. The van der Waals surface area contributed by atoms with E-state index < -0.39 is 0 Å². The average molecular weight is 302 g/mol. The lowest BCUT2D eigenvalue weighted by molar-refractivity contribution is -0.120. The molecule has 6 heteroatoms. The Morgan fingerprint density at radius 2 is 1.95 bits per heavy atom. The summed E-state index contributed by atoms with van der Waals surface area (Å²) < 4.78 is 5.28. The Labute approximate surface area is 131 Å². The second-order valence-electron chi connectivity index (χ2n) is 5.17. The van der Waals surface area contributed by atoms with Crippen LogP contribution in [0.3, 0.4) is 0 Å². The smallest absolute Gasteiger partial charge is 0.221 e. The highest BCUT2D eigenvalue weighted by molar-refractivity contribution is 5.76. The quantitative estimate of drug-likeness (QED) is 0.779. The van der Waals surface area contributed by atoms with Gasteiger partial charge in [-0.15, -0.1) is 0 Å². The molecule has 1 fully saturated rings. The molecule has 1 saturated heterocycles. The fourth-order valence-corrected chi connectivity index (χ4v) is 2.25. The lowest BCUT2D eigenvalue weighted by Crippen LogP contribution is -2.41. The molecule has 0 aromatic heterocycles. The fraction of sp³-hybridized carbons (Fsp3) is 0.500. The number of anilines is 1. The van der Waals surface area contributed by atoms with E-state index in [4.69, 9.17) is 10.00 Å². The Bertz CT molecular complexity index is 504. The van der Waals surface area contributed by atoms with Crippen LogP contribution in [0.25, 0.3) is 0 Å². The first-order valence-corrected chi connectivity index (χ1v) is 7.59. The maximum atomic E-state index is 11.7. The molecule has 0 unspecified atom stereocenters. The van der Waals surface area contributed by atoms with Gasteiger partial charge >= 0.3 is 0 Å². The number of hydrogen-bond donors (Lipinski definition) is 2. The SMILES string of the molecule is N#Cc1ccc(NCCC(=O)NCCN2CCOCC2)cc1. The molecular formula is C16H22N4O2.